The molecule has 5 N–H and O–H groups in total. The number of nitrogen functional groups attached to an aromatic ring is 1. The maximum atomic E-state index is 11.8. The summed E-state index contributed by atoms with van der Waals surface area (Å²) in [4.78, 5) is 23.6. The number of ether oxygens (including phenoxy) is 1. The van der Waals surface area contributed by atoms with E-state index in [1.165, 1.54) is 0 Å². The molecular weight excluding hydrogens is 266 g/mol. The Labute approximate surface area is 116 Å². The average molecular weight is 285 g/mol. The van der Waals surface area contributed by atoms with Crippen LogP contribution in [0.5, 0.6) is 0 Å². The number of Topliss-reactive ketones (excluding diaryl/α,β-unsaturated/α-hetero) is 1. The lowest BCUT2D eigenvalue weighted by atomic mass is 10.1. The number of nitrogens with one attached hydrogen (secondary N) is 1. The van der Waals surface area contributed by atoms with Gasteiger partial charge in [0.2, 0.25) is 0 Å². The lowest BCUT2D eigenvalue weighted by Gasteiger charge is -2.13. The second-order valence-corrected chi connectivity index (χ2v) is 5.21. The zero-order chi connectivity index (χ0) is 14.6. The molecule has 0 aromatic carbocycles. The Morgan fingerprint density at radius 1 is 1.47 bits per heavy atom. The summed E-state index contributed by atoms with van der Waals surface area (Å²) >= 11 is 1.16. The first kappa shape index (κ1) is 15.5. The summed E-state index contributed by atoms with van der Waals surface area (Å²) in [6.45, 7) is 4.10. The summed E-state index contributed by atoms with van der Waals surface area (Å²) in [5, 5.41) is 3.61. The van der Waals surface area contributed by atoms with Crippen LogP contribution in [0.3, 0.4) is 0 Å². The lowest BCUT2D eigenvalue weighted by Crippen LogP contribution is -2.22. The number of ketones is 1. The van der Waals surface area contributed by atoms with E-state index in [0.29, 0.717) is 22.9 Å². The Bertz CT molecular complexity index is 485. The van der Waals surface area contributed by atoms with Crippen molar-refractivity contribution in [1.82, 2.24) is 0 Å². The van der Waals surface area contributed by atoms with Crippen LogP contribution in [-0.4, -0.2) is 31.4 Å². The van der Waals surface area contributed by atoms with E-state index in [9.17, 15) is 9.59 Å². The van der Waals surface area contributed by atoms with Gasteiger partial charge in [0.05, 0.1) is 22.7 Å². The zero-order valence-electron chi connectivity index (χ0n) is 11.3. The second kappa shape index (κ2) is 6.53. The van der Waals surface area contributed by atoms with E-state index in [-0.39, 0.29) is 23.1 Å². The number of hydrogen-bond acceptors (Lipinski definition) is 6. The highest BCUT2D eigenvalue weighted by Crippen LogP contribution is 2.36. The minimum Gasteiger partial charge on any atom is -0.397 e. The monoisotopic (exact) mass is 285 g/mol. The SMILES string of the molecule is CCC(=O)c1sc(NC(C)COC)c(C(N)=O)c1N. The number of rotatable bonds is 7. The van der Waals surface area contributed by atoms with Crippen LogP contribution >= 0.6 is 11.3 Å². The molecule has 1 rings (SSSR count). The minimum atomic E-state index is -0.643. The first-order valence-electron chi connectivity index (χ1n) is 5.93. The van der Waals surface area contributed by atoms with E-state index in [1.54, 1.807) is 14.0 Å². The lowest BCUT2D eigenvalue weighted by molar-refractivity contribution is 0.0991. The number of amides is 1. The highest BCUT2D eigenvalue weighted by molar-refractivity contribution is 7.19. The fourth-order valence-corrected chi connectivity index (χ4v) is 2.92. The van der Waals surface area contributed by atoms with E-state index < -0.39 is 5.91 Å². The highest BCUT2D eigenvalue weighted by atomic mass is 32.1. The van der Waals surface area contributed by atoms with Gasteiger partial charge in [0.1, 0.15) is 5.00 Å². The predicted molar refractivity (Wildman–Crippen MR) is 76.8 cm³/mol. The van der Waals surface area contributed by atoms with Gasteiger partial charge in [0, 0.05) is 19.6 Å². The quantitative estimate of drug-likeness (QED) is 0.657. The van der Waals surface area contributed by atoms with Crippen LogP contribution in [0.1, 0.15) is 40.3 Å². The third-order valence-corrected chi connectivity index (χ3v) is 3.74. The third kappa shape index (κ3) is 3.45. The van der Waals surface area contributed by atoms with Crippen molar-refractivity contribution < 1.29 is 14.3 Å². The smallest absolute Gasteiger partial charge is 0.253 e. The summed E-state index contributed by atoms with van der Waals surface area (Å²) in [5.74, 6) is -0.742. The molecule has 0 bridgehead atoms. The molecule has 0 spiro atoms. The summed E-state index contributed by atoms with van der Waals surface area (Å²) in [6, 6.07) is -0.0225. The Morgan fingerprint density at radius 3 is 2.58 bits per heavy atom. The minimum absolute atomic E-state index is 0.0225. The Kier molecular flexibility index (Phi) is 5.31. The molecule has 1 amide bonds. The van der Waals surface area contributed by atoms with Crippen molar-refractivity contribution in [2.75, 3.05) is 24.8 Å². The van der Waals surface area contributed by atoms with Gasteiger partial charge in [-0.3, -0.25) is 9.59 Å². The molecule has 0 fully saturated rings. The number of thiophene rings is 1. The highest BCUT2D eigenvalue weighted by Gasteiger charge is 2.24. The molecule has 0 saturated heterocycles. The molecule has 6 nitrogen and oxygen atoms in total. The van der Waals surface area contributed by atoms with Crippen molar-refractivity contribution in [3.05, 3.63) is 10.4 Å². The van der Waals surface area contributed by atoms with Crippen molar-refractivity contribution in [1.29, 1.82) is 0 Å². The van der Waals surface area contributed by atoms with Crippen molar-refractivity contribution in [3.63, 3.8) is 0 Å². The average Bonchev–Trinajstić information content (AvgIpc) is 2.65. The van der Waals surface area contributed by atoms with E-state index in [1.807, 2.05) is 6.92 Å². The predicted octanol–water partition coefficient (Wildman–Crippen LogP) is 1.47. The van der Waals surface area contributed by atoms with Crippen LogP contribution in [0, 0.1) is 0 Å². The maximum absolute atomic E-state index is 11.8. The summed E-state index contributed by atoms with van der Waals surface area (Å²) in [7, 11) is 1.59. The molecule has 1 aromatic rings. The summed E-state index contributed by atoms with van der Waals surface area (Å²) in [5.41, 5.74) is 11.5. The van der Waals surface area contributed by atoms with Crippen LogP contribution in [0.2, 0.25) is 0 Å². The molecule has 0 aliphatic carbocycles. The first-order chi connectivity index (χ1) is 8.92. The Morgan fingerprint density at radius 2 is 2.11 bits per heavy atom. The normalized spacial score (nSPS) is 12.2. The van der Waals surface area contributed by atoms with Crippen molar-refractivity contribution in [2.45, 2.75) is 26.3 Å². The fourth-order valence-electron chi connectivity index (χ4n) is 1.67. The van der Waals surface area contributed by atoms with Crippen molar-refractivity contribution >= 4 is 33.7 Å². The molecule has 1 heterocycles. The van der Waals surface area contributed by atoms with E-state index in [4.69, 9.17) is 16.2 Å². The van der Waals surface area contributed by atoms with Gasteiger partial charge in [-0.15, -0.1) is 11.3 Å². The topological polar surface area (TPSA) is 107 Å². The van der Waals surface area contributed by atoms with Crippen LogP contribution < -0.4 is 16.8 Å². The molecule has 1 aromatic heterocycles. The molecule has 0 saturated carbocycles. The Balaban J connectivity index is 3.15. The van der Waals surface area contributed by atoms with Crippen molar-refractivity contribution in [2.24, 2.45) is 5.73 Å². The number of carbonyl (C=O) groups is 2. The van der Waals surface area contributed by atoms with E-state index >= 15 is 0 Å². The summed E-state index contributed by atoms with van der Waals surface area (Å²) in [6.07, 6.45) is 0.329. The van der Waals surface area contributed by atoms with Crippen LogP contribution in [-0.2, 0) is 4.74 Å². The van der Waals surface area contributed by atoms with Gasteiger partial charge < -0.3 is 21.5 Å². The number of hydrogen-bond donors (Lipinski definition) is 3. The van der Waals surface area contributed by atoms with Gasteiger partial charge in [-0.05, 0) is 6.92 Å². The molecule has 1 unspecified atom stereocenters. The standard InChI is InChI=1S/C12H19N3O3S/c1-4-7(16)10-9(13)8(11(14)17)12(19-10)15-6(2)5-18-3/h6,15H,4-5,13H2,1-3H3,(H2,14,17). The number of methoxy groups -OCH3 is 1. The second-order valence-electron chi connectivity index (χ2n) is 4.19. The Hall–Kier alpha value is -1.60. The van der Waals surface area contributed by atoms with Crippen LogP contribution in [0.4, 0.5) is 10.7 Å². The fraction of sp³-hybridized carbons (Fsp3) is 0.500. The van der Waals surface area contributed by atoms with Gasteiger partial charge >= 0.3 is 0 Å². The van der Waals surface area contributed by atoms with Crippen molar-refractivity contribution in [3.8, 4) is 0 Å². The maximum Gasteiger partial charge on any atom is 0.253 e. The third-order valence-electron chi connectivity index (χ3n) is 2.56. The van der Waals surface area contributed by atoms with E-state index in [0.717, 1.165) is 11.3 Å². The molecule has 1 atom stereocenters. The van der Waals surface area contributed by atoms with Gasteiger partial charge in [-0.1, -0.05) is 6.92 Å². The zero-order valence-corrected chi connectivity index (χ0v) is 12.1. The number of primary amides is 1. The summed E-state index contributed by atoms with van der Waals surface area (Å²) < 4.78 is 5.01. The first-order valence-corrected chi connectivity index (χ1v) is 6.74. The molecule has 19 heavy (non-hydrogen) atoms. The molecule has 0 aliphatic rings. The largest absolute Gasteiger partial charge is 0.397 e. The number of carbonyl (C=O) groups excluding carboxylic acids is 2. The molecular formula is C12H19N3O3S. The van der Waals surface area contributed by atoms with Crippen LogP contribution in [0.25, 0.3) is 0 Å². The van der Waals surface area contributed by atoms with Gasteiger partial charge in [-0.2, -0.15) is 0 Å². The molecule has 0 radical (unpaired) electrons. The van der Waals surface area contributed by atoms with E-state index in [2.05, 4.69) is 5.32 Å². The number of nitrogens with two attached hydrogens (primary N) is 2. The molecule has 7 heteroatoms. The molecule has 106 valence electrons. The van der Waals surface area contributed by atoms with Gasteiger partial charge in [-0.25, -0.2) is 0 Å². The van der Waals surface area contributed by atoms with Gasteiger partial charge in [0.15, 0.2) is 5.78 Å². The molecule has 0 aliphatic heterocycles. The number of anilines is 2. The van der Waals surface area contributed by atoms with Gasteiger partial charge in [0.25, 0.3) is 5.91 Å². The van der Waals surface area contributed by atoms with Crippen LogP contribution in [0.15, 0.2) is 0 Å².